The van der Waals surface area contributed by atoms with Gasteiger partial charge in [-0.1, -0.05) is 18.2 Å². The lowest BCUT2D eigenvalue weighted by Gasteiger charge is -2.24. The summed E-state index contributed by atoms with van der Waals surface area (Å²) in [6, 6.07) is 15.7. The molecule has 2 aliphatic heterocycles. The summed E-state index contributed by atoms with van der Waals surface area (Å²) >= 11 is 0. The molecule has 0 bridgehead atoms. The first-order chi connectivity index (χ1) is 13.1. The second-order valence-electron chi connectivity index (χ2n) is 6.46. The standard InChI is InChI=1S/C20H19N3O4/c24-18-11-10-17(23(18)16-4-2-1-3-5-16)19(25)21-14-6-8-15(9-7-14)22-12-13-27-20(22)26/h1-9,17H,10-13H2,(H,21,25). The topological polar surface area (TPSA) is 79.0 Å². The Morgan fingerprint density at radius 1 is 1.00 bits per heavy atom. The third kappa shape index (κ3) is 3.36. The molecule has 2 aromatic rings. The van der Waals surface area contributed by atoms with Crippen molar-refractivity contribution >= 4 is 35.0 Å². The maximum atomic E-state index is 12.7. The van der Waals surface area contributed by atoms with Crippen LogP contribution in [0.2, 0.25) is 0 Å². The molecule has 2 heterocycles. The van der Waals surface area contributed by atoms with E-state index < -0.39 is 6.04 Å². The average Bonchev–Trinajstić information content (AvgIpc) is 3.29. The van der Waals surface area contributed by atoms with Crippen molar-refractivity contribution in [3.05, 3.63) is 54.6 Å². The van der Waals surface area contributed by atoms with Gasteiger partial charge in [0, 0.05) is 23.5 Å². The zero-order valence-corrected chi connectivity index (χ0v) is 14.6. The van der Waals surface area contributed by atoms with E-state index >= 15 is 0 Å². The summed E-state index contributed by atoms with van der Waals surface area (Å²) in [5, 5.41) is 2.87. The highest BCUT2D eigenvalue weighted by Gasteiger charge is 2.37. The van der Waals surface area contributed by atoms with Crippen LogP contribution < -0.4 is 15.1 Å². The van der Waals surface area contributed by atoms with Gasteiger partial charge in [0.25, 0.3) is 0 Å². The largest absolute Gasteiger partial charge is 0.447 e. The average molecular weight is 365 g/mol. The molecule has 2 aromatic carbocycles. The van der Waals surface area contributed by atoms with Crippen LogP contribution in [0.1, 0.15) is 12.8 Å². The third-order valence-electron chi connectivity index (χ3n) is 4.76. The van der Waals surface area contributed by atoms with Gasteiger partial charge in [-0.05, 0) is 42.8 Å². The molecule has 1 N–H and O–H groups in total. The van der Waals surface area contributed by atoms with E-state index in [1.165, 1.54) is 0 Å². The summed E-state index contributed by atoms with van der Waals surface area (Å²) in [5.74, 6) is -0.276. The Bertz CT molecular complexity index is 867. The number of carbonyl (C=O) groups excluding carboxylic acids is 3. The van der Waals surface area contributed by atoms with Crippen LogP contribution in [0.3, 0.4) is 0 Å². The Morgan fingerprint density at radius 2 is 1.74 bits per heavy atom. The molecule has 138 valence electrons. The second-order valence-corrected chi connectivity index (χ2v) is 6.46. The molecule has 7 nitrogen and oxygen atoms in total. The molecule has 2 aliphatic rings. The lowest BCUT2D eigenvalue weighted by molar-refractivity contribution is -0.120. The van der Waals surface area contributed by atoms with Gasteiger partial charge in [0.15, 0.2) is 0 Å². The number of carbonyl (C=O) groups is 3. The van der Waals surface area contributed by atoms with Gasteiger partial charge in [-0.2, -0.15) is 0 Å². The summed E-state index contributed by atoms with van der Waals surface area (Å²) in [6.45, 7) is 0.892. The van der Waals surface area contributed by atoms with Gasteiger partial charge >= 0.3 is 6.09 Å². The van der Waals surface area contributed by atoms with Crippen LogP contribution in [-0.4, -0.2) is 37.1 Å². The fraction of sp³-hybridized carbons (Fsp3) is 0.250. The highest BCUT2D eigenvalue weighted by atomic mass is 16.6. The van der Waals surface area contributed by atoms with Gasteiger partial charge in [0.1, 0.15) is 12.6 Å². The van der Waals surface area contributed by atoms with Crippen molar-refractivity contribution in [1.29, 1.82) is 0 Å². The van der Waals surface area contributed by atoms with Gasteiger partial charge in [-0.25, -0.2) is 4.79 Å². The third-order valence-corrected chi connectivity index (χ3v) is 4.76. The number of para-hydroxylation sites is 1. The molecular weight excluding hydrogens is 346 g/mol. The molecule has 7 heteroatoms. The first-order valence-corrected chi connectivity index (χ1v) is 8.86. The highest BCUT2D eigenvalue weighted by molar-refractivity contribution is 6.07. The van der Waals surface area contributed by atoms with E-state index in [0.29, 0.717) is 31.7 Å². The SMILES string of the molecule is O=C(Nc1ccc(N2CCOC2=O)cc1)C1CCC(=O)N1c1ccccc1. The highest BCUT2D eigenvalue weighted by Crippen LogP contribution is 2.28. The van der Waals surface area contributed by atoms with Gasteiger partial charge in [0.05, 0.1) is 6.54 Å². The Labute approximate surface area is 156 Å². The molecule has 3 amide bonds. The number of nitrogens with one attached hydrogen (secondary N) is 1. The molecule has 1 unspecified atom stereocenters. The molecule has 2 fully saturated rings. The molecule has 0 spiro atoms. The number of benzene rings is 2. The molecule has 0 aliphatic carbocycles. The zero-order chi connectivity index (χ0) is 18.8. The van der Waals surface area contributed by atoms with E-state index in [4.69, 9.17) is 4.74 Å². The van der Waals surface area contributed by atoms with Gasteiger partial charge in [0.2, 0.25) is 11.8 Å². The van der Waals surface area contributed by atoms with Crippen LogP contribution in [0.25, 0.3) is 0 Å². The fourth-order valence-electron chi connectivity index (χ4n) is 3.42. The summed E-state index contributed by atoms with van der Waals surface area (Å²) < 4.78 is 4.93. The number of rotatable bonds is 4. The van der Waals surface area contributed by atoms with E-state index in [-0.39, 0.29) is 17.9 Å². The van der Waals surface area contributed by atoms with Gasteiger partial charge in [-0.15, -0.1) is 0 Å². The van der Waals surface area contributed by atoms with Gasteiger partial charge in [-0.3, -0.25) is 19.4 Å². The van der Waals surface area contributed by atoms with E-state index in [1.807, 2.05) is 30.3 Å². The number of ether oxygens (including phenoxy) is 1. The van der Waals surface area contributed by atoms with Crippen molar-refractivity contribution in [2.45, 2.75) is 18.9 Å². The lowest BCUT2D eigenvalue weighted by atomic mass is 10.1. The molecule has 2 saturated heterocycles. The monoisotopic (exact) mass is 365 g/mol. The van der Waals surface area contributed by atoms with Gasteiger partial charge < -0.3 is 10.1 Å². The van der Waals surface area contributed by atoms with Crippen molar-refractivity contribution in [1.82, 2.24) is 0 Å². The molecular formula is C20H19N3O4. The fourth-order valence-corrected chi connectivity index (χ4v) is 3.42. The molecule has 0 aromatic heterocycles. The van der Waals surface area contributed by atoms with Crippen molar-refractivity contribution in [2.75, 3.05) is 28.3 Å². The predicted molar refractivity (Wildman–Crippen MR) is 101 cm³/mol. The van der Waals surface area contributed by atoms with Crippen LogP contribution in [0.15, 0.2) is 54.6 Å². The number of amides is 3. The first kappa shape index (κ1) is 17.1. The minimum Gasteiger partial charge on any atom is -0.447 e. The van der Waals surface area contributed by atoms with Crippen molar-refractivity contribution in [2.24, 2.45) is 0 Å². The lowest BCUT2D eigenvalue weighted by Crippen LogP contribution is -2.41. The minimum atomic E-state index is -0.534. The smallest absolute Gasteiger partial charge is 0.414 e. The Kier molecular flexibility index (Phi) is 4.50. The number of hydrogen-bond donors (Lipinski definition) is 1. The molecule has 1 atom stereocenters. The van der Waals surface area contributed by atoms with E-state index in [1.54, 1.807) is 34.1 Å². The number of anilines is 3. The number of nitrogens with zero attached hydrogens (tertiary/aromatic N) is 2. The molecule has 0 radical (unpaired) electrons. The number of cyclic esters (lactones) is 1. The Hall–Kier alpha value is -3.35. The zero-order valence-electron chi connectivity index (χ0n) is 14.6. The quantitative estimate of drug-likeness (QED) is 0.904. The maximum absolute atomic E-state index is 12.7. The Balaban J connectivity index is 1.47. The van der Waals surface area contributed by atoms with E-state index in [2.05, 4.69) is 5.32 Å². The second kappa shape index (κ2) is 7.11. The van der Waals surface area contributed by atoms with Crippen molar-refractivity contribution in [3.8, 4) is 0 Å². The maximum Gasteiger partial charge on any atom is 0.414 e. The predicted octanol–water partition coefficient (Wildman–Crippen LogP) is 2.78. The molecule has 0 saturated carbocycles. The minimum absolute atomic E-state index is 0.0516. The Morgan fingerprint density at radius 3 is 2.41 bits per heavy atom. The van der Waals surface area contributed by atoms with Crippen LogP contribution in [-0.2, 0) is 14.3 Å². The van der Waals surface area contributed by atoms with Crippen LogP contribution in [0.5, 0.6) is 0 Å². The normalized spacial score (nSPS) is 19.3. The van der Waals surface area contributed by atoms with Crippen LogP contribution >= 0.6 is 0 Å². The van der Waals surface area contributed by atoms with E-state index in [0.717, 1.165) is 11.4 Å². The van der Waals surface area contributed by atoms with Crippen molar-refractivity contribution in [3.63, 3.8) is 0 Å². The van der Waals surface area contributed by atoms with Crippen molar-refractivity contribution < 1.29 is 19.1 Å². The van der Waals surface area contributed by atoms with E-state index in [9.17, 15) is 14.4 Å². The summed E-state index contributed by atoms with van der Waals surface area (Å²) in [4.78, 5) is 39.7. The summed E-state index contributed by atoms with van der Waals surface area (Å²) in [6.07, 6.45) is 0.468. The number of hydrogen-bond acceptors (Lipinski definition) is 4. The summed E-state index contributed by atoms with van der Waals surface area (Å²) in [5.41, 5.74) is 2.06. The van der Waals surface area contributed by atoms with Crippen LogP contribution in [0, 0.1) is 0 Å². The molecule has 27 heavy (non-hydrogen) atoms. The van der Waals surface area contributed by atoms with Crippen LogP contribution in [0.4, 0.5) is 21.9 Å². The first-order valence-electron chi connectivity index (χ1n) is 8.86. The molecule has 4 rings (SSSR count). The summed E-state index contributed by atoms with van der Waals surface area (Å²) in [7, 11) is 0.